The zero-order valence-electron chi connectivity index (χ0n) is 12.7. The predicted octanol–water partition coefficient (Wildman–Crippen LogP) is 4.15. The van der Waals surface area contributed by atoms with Crippen molar-refractivity contribution in [1.82, 2.24) is 0 Å². The van der Waals surface area contributed by atoms with Crippen molar-refractivity contribution in [1.29, 1.82) is 0 Å². The average Bonchev–Trinajstić information content (AvgIpc) is 2.71. The smallest absolute Gasteiger partial charge is 0.314 e. The Balaban J connectivity index is 1.84. The lowest BCUT2D eigenvalue weighted by Crippen LogP contribution is -2.54. The first-order valence-electron chi connectivity index (χ1n) is 7.98. The number of carbonyl (C=O) groups is 1. The minimum atomic E-state index is -0.670. The second-order valence-corrected chi connectivity index (χ2v) is 6.88. The van der Waals surface area contributed by atoms with Crippen LogP contribution in [0.5, 0.6) is 5.75 Å². The molecule has 2 aliphatic carbocycles. The maximum Gasteiger partial charge on any atom is 0.314 e. The van der Waals surface area contributed by atoms with Gasteiger partial charge in [-0.2, -0.15) is 0 Å². The lowest BCUT2D eigenvalue weighted by atomic mass is 9.48. The lowest BCUT2D eigenvalue weighted by molar-refractivity contribution is -0.155. The van der Waals surface area contributed by atoms with Crippen LogP contribution in [0, 0.1) is 5.41 Å². The number of ether oxygens (including phenoxy) is 1. The van der Waals surface area contributed by atoms with E-state index in [9.17, 15) is 9.90 Å². The van der Waals surface area contributed by atoms with Gasteiger partial charge in [-0.05, 0) is 48.8 Å². The molecule has 2 aliphatic rings. The molecule has 1 spiro atoms. The number of rotatable bonds is 3. The molecule has 0 atom stereocenters. The molecule has 114 valence electrons. The molecule has 1 aromatic carbocycles. The average molecular weight is 288 g/mol. The molecule has 3 nitrogen and oxygen atoms in total. The van der Waals surface area contributed by atoms with Gasteiger partial charge in [0.15, 0.2) is 0 Å². The Morgan fingerprint density at radius 1 is 1.05 bits per heavy atom. The Bertz CT molecular complexity index is 502. The van der Waals surface area contributed by atoms with E-state index >= 15 is 0 Å². The van der Waals surface area contributed by atoms with E-state index < -0.39 is 11.4 Å². The van der Waals surface area contributed by atoms with Crippen molar-refractivity contribution in [2.24, 2.45) is 5.41 Å². The maximum atomic E-state index is 11.9. The van der Waals surface area contributed by atoms with Crippen molar-refractivity contribution in [3.05, 3.63) is 29.8 Å². The first-order valence-corrected chi connectivity index (χ1v) is 7.98. The zero-order chi connectivity index (χ0) is 14.9. The number of aliphatic carboxylic acids is 1. The maximum absolute atomic E-state index is 11.9. The van der Waals surface area contributed by atoms with Crippen molar-refractivity contribution in [2.45, 2.75) is 56.8 Å². The molecule has 0 saturated heterocycles. The summed E-state index contributed by atoms with van der Waals surface area (Å²) in [7, 11) is 1.63. The van der Waals surface area contributed by atoms with Gasteiger partial charge in [0.05, 0.1) is 12.5 Å². The SMILES string of the molecule is COc1ccc(C2(C(=O)O)CC3(CCCCCC3)C2)cc1. The topological polar surface area (TPSA) is 46.5 Å². The highest BCUT2D eigenvalue weighted by Gasteiger charge is 2.59. The number of carboxylic acids is 1. The molecule has 21 heavy (non-hydrogen) atoms. The van der Waals surface area contributed by atoms with Crippen molar-refractivity contribution in [3.8, 4) is 5.75 Å². The fourth-order valence-corrected chi connectivity index (χ4v) is 4.45. The van der Waals surface area contributed by atoms with E-state index in [4.69, 9.17) is 4.74 Å². The van der Waals surface area contributed by atoms with Crippen LogP contribution < -0.4 is 4.74 Å². The number of hydrogen-bond donors (Lipinski definition) is 1. The summed E-state index contributed by atoms with van der Waals surface area (Å²) in [5.41, 5.74) is 0.552. The molecule has 1 N–H and O–H groups in total. The van der Waals surface area contributed by atoms with Gasteiger partial charge < -0.3 is 9.84 Å². The molecule has 1 aromatic rings. The summed E-state index contributed by atoms with van der Waals surface area (Å²) in [6.07, 6.45) is 9.17. The Morgan fingerprint density at radius 3 is 2.10 bits per heavy atom. The van der Waals surface area contributed by atoms with Crippen LogP contribution in [0.2, 0.25) is 0 Å². The molecule has 2 saturated carbocycles. The first kappa shape index (κ1) is 14.4. The van der Waals surface area contributed by atoms with Crippen molar-refractivity contribution in [2.75, 3.05) is 7.11 Å². The molecule has 0 unspecified atom stereocenters. The van der Waals surface area contributed by atoms with Gasteiger partial charge in [-0.15, -0.1) is 0 Å². The normalized spacial score (nSPS) is 23.1. The van der Waals surface area contributed by atoms with Gasteiger partial charge in [-0.1, -0.05) is 37.8 Å². The monoisotopic (exact) mass is 288 g/mol. The summed E-state index contributed by atoms with van der Waals surface area (Å²) in [6.45, 7) is 0. The van der Waals surface area contributed by atoms with E-state index in [-0.39, 0.29) is 5.41 Å². The van der Waals surface area contributed by atoms with Crippen LogP contribution in [0.3, 0.4) is 0 Å². The molecular weight excluding hydrogens is 264 g/mol. The highest BCUT2D eigenvalue weighted by Crippen LogP contribution is 2.61. The molecule has 2 fully saturated rings. The summed E-state index contributed by atoms with van der Waals surface area (Å²) in [6, 6.07) is 7.60. The predicted molar refractivity (Wildman–Crippen MR) is 81.7 cm³/mol. The number of methoxy groups -OCH3 is 1. The first-order chi connectivity index (χ1) is 10.1. The summed E-state index contributed by atoms with van der Waals surface area (Å²) in [5, 5.41) is 9.82. The summed E-state index contributed by atoms with van der Waals surface area (Å²) in [5.74, 6) is 0.116. The van der Waals surface area contributed by atoms with E-state index in [0.717, 1.165) is 24.2 Å². The zero-order valence-corrected chi connectivity index (χ0v) is 12.7. The van der Waals surface area contributed by atoms with E-state index in [1.165, 1.54) is 38.5 Å². The van der Waals surface area contributed by atoms with E-state index in [1.807, 2.05) is 24.3 Å². The fourth-order valence-electron chi connectivity index (χ4n) is 4.45. The van der Waals surface area contributed by atoms with Crippen molar-refractivity contribution in [3.63, 3.8) is 0 Å². The summed E-state index contributed by atoms with van der Waals surface area (Å²) in [4.78, 5) is 11.9. The van der Waals surface area contributed by atoms with Crippen molar-refractivity contribution >= 4 is 5.97 Å². The van der Waals surface area contributed by atoms with Crippen molar-refractivity contribution < 1.29 is 14.6 Å². The Hall–Kier alpha value is -1.51. The van der Waals surface area contributed by atoms with Gasteiger partial charge >= 0.3 is 5.97 Å². The summed E-state index contributed by atoms with van der Waals surface area (Å²) < 4.78 is 5.17. The van der Waals surface area contributed by atoms with Crippen LogP contribution in [-0.2, 0) is 10.2 Å². The van der Waals surface area contributed by atoms with Crippen LogP contribution >= 0.6 is 0 Å². The second-order valence-electron chi connectivity index (χ2n) is 6.88. The standard InChI is InChI=1S/C18H24O3/c1-21-15-8-6-14(7-9-15)18(16(19)20)12-17(13-18)10-4-2-3-5-11-17/h6-9H,2-5,10-13H2,1H3,(H,19,20). The molecule has 0 radical (unpaired) electrons. The highest BCUT2D eigenvalue weighted by molar-refractivity contribution is 5.83. The van der Waals surface area contributed by atoms with E-state index in [0.29, 0.717) is 0 Å². The van der Waals surface area contributed by atoms with Gasteiger partial charge in [0, 0.05) is 0 Å². The van der Waals surface area contributed by atoms with E-state index in [2.05, 4.69) is 0 Å². The number of hydrogen-bond acceptors (Lipinski definition) is 2. The molecule has 0 heterocycles. The third-order valence-corrected chi connectivity index (χ3v) is 5.57. The number of benzene rings is 1. The second kappa shape index (κ2) is 5.36. The minimum Gasteiger partial charge on any atom is -0.497 e. The molecule has 3 heteroatoms. The molecular formula is C18H24O3. The quantitative estimate of drug-likeness (QED) is 0.908. The van der Waals surface area contributed by atoms with Crippen LogP contribution in [0.4, 0.5) is 0 Å². The molecule has 0 aliphatic heterocycles. The van der Waals surface area contributed by atoms with E-state index in [1.54, 1.807) is 7.11 Å². The highest BCUT2D eigenvalue weighted by atomic mass is 16.5. The Kier molecular flexibility index (Phi) is 3.68. The van der Waals surface area contributed by atoms with Crippen LogP contribution in [-0.4, -0.2) is 18.2 Å². The number of carboxylic acid groups (broad SMARTS) is 1. The van der Waals surface area contributed by atoms with Gasteiger partial charge in [0.25, 0.3) is 0 Å². The fraction of sp³-hybridized carbons (Fsp3) is 0.611. The van der Waals surface area contributed by atoms with Gasteiger partial charge in [-0.3, -0.25) is 4.79 Å². The van der Waals surface area contributed by atoms with Gasteiger partial charge in [-0.25, -0.2) is 0 Å². The van der Waals surface area contributed by atoms with Crippen LogP contribution in [0.1, 0.15) is 56.9 Å². The summed E-state index contributed by atoms with van der Waals surface area (Å²) >= 11 is 0. The lowest BCUT2D eigenvalue weighted by Gasteiger charge is -2.54. The minimum absolute atomic E-state index is 0.287. The molecule has 0 amide bonds. The van der Waals surface area contributed by atoms with Crippen LogP contribution in [0.25, 0.3) is 0 Å². The molecule has 3 rings (SSSR count). The Morgan fingerprint density at radius 2 is 1.62 bits per heavy atom. The van der Waals surface area contributed by atoms with Gasteiger partial charge in [0.2, 0.25) is 0 Å². The molecule has 0 bridgehead atoms. The molecule has 0 aromatic heterocycles. The largest absolute Gasteiger partial charge is 0.497 e. The van der Waals surface area contributed by atoms with Crippen LogP contribution in [0.15, 0.2) is 24.3 Å². The third-order valence-electron chi connectivity index (χ3n) is 5.57. The Labute approximate surface area is 126 Å². The third kappa shape index (κ3) is 2.43. The van der Waals surface area contributed by atoms with Gasteiger partial charge in [0.1, 0.15) is 5.75 Å².